The number of aromatic hydroxyl groups is 1. The Morgan fingerprint density at radius 1 is 0.711 bits per heavy atom. The lowest BCUT2D eigenvalue weighted by Gasteiger charge is -2.50. The van der Waals surface area contributed by atoms with E-state index in [1.54, 1.807) is 27.4 Å². The molecule has 7 rings (SSSR count). The monoisotopic (exact) mass is 608 g/mol. The Morgan fingerprint density at radius 3 is 1.91 bits per heavy atom. The van der Waals surface area contributed by atoms with Crippen LogP contribution in [0.3, 0.4) is 0 Å². The van der Waals surface area contributed by atoms with E-state index in [2.05, 4.69) is 6.07 Å². The van der Waals surface area contributed by atoms with E-state index in [1.165, 1.54) is 7.11 Å². The van der Waals surface area contributed by atoms with Crippen molar-refractivity contribution in [1.29, 1.82) is 0 Å². The molecule has 8 nitrogen and oxygen atoms in total. The Balaban J connectivity index is 1.56. The number of benzene rings is 5. The number of ketones is 1. The molecule has 2 atom stereocenters. The van der Waals surface area contributed by atoms with Gasteiger partial charge in [0, 0.05) is 29.0 Å². The van der Waals surface area contributed by atoms with E-state index in [1.807, 2.05) is 65.0 Å². The normalized spacial score (nSPS) is 19.8. The van der Waals surface area contributed by atoms with E-state index in [9.17, 15) is 9.90 Å². The van der Waals surface area contributed by atoms with Crippen LogP contribution in [0.15, 0.2) is 42.5 Å². The molecule has 232 valence electrons. The number of ether oxygens (including phenoxy) is 6. The van der Waals surface area contributed by atoms with Gasteiger partial charge < -0.3 is 33.5 Å². The van der Waals surface area contributed by atoms with Crippen molar-refractivity contribution in [1.82, 2.24) is 0 Å². The summed E-state index contributed by atoms with van der Waals surface area (Å²) in [6.45, 7) is 9.50. The van der Waals surface area contributed by atoms with Gasteiger partial charge in [-0.15, -0.1) is 0 Å². The molecule has 5 aromatic rings. The molecule has 0 saturated carbocycles. The average molecular weight is 609 g/mol. The van der Waals surface area contributed by atoms with Gasteiger partial charge in [0.05, 0.1) is 26.7 Å². The van der Waals surface area contributed by atoms with Crippen LogP contribution in [0, 0.1) is 20.8 Å². The summed E-state index contributed by atoms with van der Waals surface area (Å²) in [4.78, 5) is 14.5. The van der Waals surface area contributed by atoms with Crippen molar-refractivity contribution in [3.63, 3.8) is 0 Å². The molecule has 1 N–H and O–H groups in total. The van der Waals surface area contributed by atoms with Crippen molar-refractivity contribution in [3.05, 3.63) is 70.3 Å². The predicted octanol–water partition coefficient (Wildman–Crippen LogP) is 7.52. The quantitative estimate of drug-likeness (QED) is 0.210. The second kappa shape index (κ2) is 9.65. The van der Waals surface area contributed by atoms with Gasteiger partial charge in [-0.3, -0.25) is 4.79 Å². The summed E-state index contributed by atoms with van der Waals surface area (Å²) >= 11 is 0. The molecule has 0 spiro atoms. The van der Waals surface area contributed by atoms with Crippen molar-refractivity contribution < 1.29 is 38.3 Å². The standard InChI is InChI=1S/C37H36O8/c1-17-10-23-25(15-29(17)41-7)32-26(16-27(23)38)36(4,5)35(39)37(43-9)34(32)44-31-14-21-20(19(3)33(31)45-37)12-30(42-8)24-11-18(2)28(40-6)13-22(21)24/h10-16,34,38H,1-9H3/t34-,37+/m0/s1. The minimum absolute atomic E-state index is 0.0731. The molecule has 8 heteroatoms. The van der Waals surface area contributed by atoms with Crippen LogP contribution in [0.2, 0.25) is 0 Å². The Hall–Kier alpha value is -4.69. The third-order valence-electron chi connectivity index (χ3n) is 9.76. The van der Waals surface area contributed by atoms with Gasteiger partial charge in [-0.2, -0.15) is 0 Å². The zero-order valence-corrected chi connectivity index (χ0v) is 26.9. The second-order valence-electron chi connectivity index (χ2n) is 12.5. The highest BCUT2D eigenvalue weighted by atomic mass is 16.7. The van der Waals surface area contributed by atoms with Gasteiger partial charge in [0.2, 0.25) is 5.78 Å². The molecule has 0 radical (unpaired) electrons. The van der Waals surface area contributed by atoms with Gasteiger partial charge in [-0.25, -0.2) is 0 Å². The van der Waals surface area contributed by atoms with Crippen LogP contribution >= 0.6 is 0 Å². The Kier molecular flexibility index (Phi) is 6.23. The van der Waals surface area contributed by atoms with E-state index in [4.69, 9.17) is 28.4 Å². The van der Waals surface area contributed by atoms with Gasteiger partial charge in [-0.1, -0.05) is 0 Å². The van der Waals surface area contributed by atoms with Gasteiger partial charge in [-0.05, 0) is 115 Å². The van der Waals surface area contributed by atoms with E-state index < -0.39 is 17.3 Å². The molecule has 0 saturated heterocycles. The molecule has 0 unspecified atom stereocenters. The fourth-order valence-electron chi connectivity index (χ4n) is 7.32. The second-order valence-corrected chi connectivity index (χ2v) is 12.5. The lowest BCUT2D eigenvalue weighted by Crippen LogP contribution is -2.63. The van der Waals surface area contributed by atoms with Crippen LogP contribution in [-0.2, 0) is 14.9 Å². The fraction of sp³-hybridized carbons (Fsp3) is 0.324. The fourth-order valence-corrected chi connectivity index (χ4v) is 7.32. The molecule has 5 aromatic carbocycles. The maximum Gasteiger partial charge on any atom is 0.313 e. The van der Waals surface area contributed by atoms with Crippen molar-refractivity contribution in [2.45, 2.75) is 51.9 Å². The molecule has 45 heavy (non-hydrogen) atoms. The average Bonchev–Trinajstić information content (AvgIpc) is 3.03. The first kappa shape index (κ1) is 29.0. The number of carbonyl (C=O) groups excluding carboxylic acids is 1. The maximum atomic E-state index is 14.5. The number of methoxy groups -OCH3 is 4. The highest BCUT2D eigenvalue weighted by Crippen LogP contribution is 2.58. The van der Waals surface area contributed by atoms with Crippen LogP contribution in [0.5, 0.6) is 34.5 Å². The molecule has 1 heterocycles. The number of rotatable bonds is 4. The van der Waals surface area contributed by atoms with Gasteiger partial charge in [0.25, 0.3) is 0 Å². The molecule has 2 aliphatic rings. The third kappa shape index (κ3) is 3.72. The number of phenols is 1. The molecule has 1 aliphatic heterocycles. The molecule has 1 aliphatic carbocycles. The number of aryl methyl sites for hydroxylation is 3. The van der Waals surface area contributed by atoms with Crippen LogP contribution in [0.25, 0.3) is 32.3 Å². The van der Waals surface area contributed by atoms with Crippen molar-refractivity contribution in [3.8, 4) is 34.5 Å². The third-order valence-corrected chi connectivity index (χ3v) is 9.76. The van der Waals surface area contributed by atoms with E-state index >= 15 is 0 Å². The van der Waals surface area contributed by atoms with Crippen LogP contribution in [0.1, 0.15) is 47.8 Å². The minimum atomic E-state index is -1.80. The summed E-state index contributed by atoms with van der Waals surface area (Å²) in [6, 6.07) is 13.4. The highest BCUT2D eigenvalue weighted by Gasteiger charge is 2.64. The zero-order valence-electron chi connectivity index (χ0n) is 26.9. The summed E-state index contributed by atoms with van der Waals surface area (Å²) in [5, 5.41) is 16.2. The molecule has 0 bridgehead atoms. The maximum absolute atomic E-state index is 14.5. The Bertz CT molecular complexity index is 2110. The number of hydrogen-bond donors (Lipinski definition) is 1. The Labute approximate surface area is 261 Å². The van der Waals surface area contributed by atoms with Crippen molar-refractivity contribution in [2.24, 2.45) is 0 Å². The molecule has 0 aromatic heterocycles. The molecular formula is C37H36O8. The molecular weight excluding hydrogens is 572 g/mol. The van der Waals surface area contributed by atoms with Gasteiger partial charge >= 0.3 is 5.79 Å². The number of carbonyl (C=O) groups is 1. The summed E-state index contributed by atoms with van der Waals surface area (Å²) in [5.74, 6) is 0.974. The SMILES string of the molecule is COc1cc2c3c(cc(O)c2cc1C)C(C)(C)C(=O)[C@]1(OC)Oc2c(cc4c(cc(OC)c5cc(C)c(OC)cc54)c2C)O[C@@H]31. The predicted molar refractivity (Wildman–Crippen MR) is 173 cm³/mol. The summed E-state index contributed by atoms with van der Waals surface area (Å²) in [6.07, 6.45) is -0.987. The molecule has 0 amide bonds. The van der Waals surface area contributed by atoms with Crippen molar-refractivity contribution >= 4 is 38.1 Å². The Morgan fingerprint density at radius 2 is 1.29 bits per heavy atom. The summed E-state index contributed by atoms with van der Waals surface area (Å²) < 4.78 is 36.9. The number of Topliss-reactive ketones (excluding diaryl/α,β-unsaturated/α-hetero) is 1. The topological polar surface area (TPSA) is 92.7 Å². The number of fused-ring (bicyclic) bond motifs is 9. The van der Waals surface area contributed by atoms with E-state index in [0.29, 0.717) is 44.9 Å². The van der Waals surface area contributed by atoms with Crippen LogP contribution in [-0.4, -0.2) is 45.1 Å². The molecule has 0 fully saturated rings. The minimum Gasteiger partial charge on any atom is -0.507 e. The first-order valence-corrected chi connectivity index (χ1v) is 14.8. The van der Waals surface area contributed by atoms with Crippen molar-refractivity contribution in [2.75, 3.05) is 28.4 Å². The first-order chi connectivity index (χ1) is 21.4. The zero-order chi connectivity index (χ0) is 32.2. The number of phenolic OH excluding ortho intramolecular Hbond substituents is 1. The number of hydrogen-bond acceptors (Lipinski definition) is 8. The highest BCUT2D eigenvalue weighted by molar-refractivity contribution is 6.13. The van der Waals surface area contributed by atoms with Crippen LogP contribution < -0.4 is 23.7 Å². The van der Waals surface area contributed by atoms with E-state index in [-0.39, 0.29) is 11.5 Å². The lowest BCUT2D eigenvalue weighted by molar-refractivity contribution is -0.233. The van der Waals surface area contributed by atoms with Gasteiger partial charge in [0.15, 0.2) is 17.6 Å². The first-order valence-electron chi connectivity index (χ1n) is 14.8. The largest absolute Gasteiger partial charge is 0.507 e. The van der Waals surface area contributed by atoms with Gasteiger partial charge in [0.1, 0.15) is 23.0 Å². The summed E-state index contributed by atoms with van der Waals surface area (Å²) in [7, 11) is 6.38. The smallest absolute Gasteiger partial charge is 0.313 e. The van der Waals surface area contributed by atoms with Crippen LogP contribution in [0.4, 0.5) is 0 Å². The summed E-state index contributed by atoms with van der Waals surface area (Å²) in [5.41, 5.74) is 2.88. The lowest BCUT2D eigenvalue weighted by atomic mass is 9.66. The van der Waals surface area contributed by atoms with E-state index in [0.717, 1.165) is 44.0 Å².